The number of carbonyl (C=O) groups is 1. The van der Waals surface area contributed by atoms with Crippen LogP contribution in [0.4, 0.5) is 10.1 Å². The minimum atomic E-state index is -0.366. The third-order valence-corrected chi connectivity index (χ3v) is 5.57. The Balaban J connectivity index is 1.59. The molecule has 2 aliphatic heterocycles. The number of amides is 1. The molecule has 1 amide bonds. The number of hydrogen-bond acceptors (Lipinski definition) is 3. The first-order valence-electron chi connectivity index (χ1n) is 9.93. The average molecular weight is 380 g/mol. The van der Waals surface area contributed by atoms with Gasteiger partial charge < -0.3 is 15.0 Å². The van der Waals surface area contributed by atoms with E-state index in [-0.39, 0.29) is 11.7 Å². The van der Waals surface area contributed by atoms with Crippen molar-refractivity contribution in [2.75, 3.05) is 25.0 Å². The van der Waals surface area contributed by atoms with Crippen LogP contribution in [0.5, 0.6) is 0 Å². The first kappa shape index (κ1) is 18.7. The lowest BCUT2D eigenvalue weighted by molar-refractivity contribution is -0.110. The maximum Gasteiger partial charge on any atom is 0.260 e. The maximum atomic E-state index is 13.7. The summed E-state index contributed by atoms with van der Waals surface area (Å²) in [6.45, 7) is 8.07. The molecule has 0 unspecified atom stereocenters. The van der Waals surface area contributed by atoms with Crippen LogP contribution in [-0.4, -0.2) is 30.4 Å². The van der Waals surface area contributed by atoms with Gasteiger partial charge in [-0.25, -0.2) is 4.39 Å². The number of rotatable bonds is 6. The predicted octanol–water partition coefficient (Wildman–Crippen LogP) is 4.45. The van der Waals surface area contributed by atoms with E-state index < -0.39 is 0 Å². The summed E-state index contributed by atoms with van der Waals surface area (Å²) in [4.78, 5) is 14.9. The molecule has 0 radical (unpaired) electrons. The van der Waals surface area contributed by atoms with E-state index in [1.807, 2.05) is 6.07 Å². The van der Waals surface area contributed by atoms with Crippen molar-refractivity contribution in [1.29, 1.82) is 0 Å². The summed E-state index contributed by atoms with van der Waals surface area (Å²) in [7, 11) is 0. The summed E-state index contributed by atoms with van der Waals surface area (Å²) in [5, 5.41) is 2.80. The summed E-state index contributed by atoms with van der Waals surface area (Å²) in [6.07, 6.45) is 2.13. The number of aryl methyl sites for hydroxylation is 1. The molecule has 0 spiro atoms. The van der Waals surface area contributed by atoms with Gasteiger partial charge in [0, 0.05) is 22.4 Å². The zero-order valence-corrected chi connectivity index (χ0v) is 16.3. The molecule has 2 aromatic rings. The number of anilines is 1. The van der Waals surface area contributed by atoms with E-state index in [0.29, 0.717) is 29.2 Å². The van der Waals surface area contributed by atoms with Gasteiger partial charge in [-0.1, -0.05) is 32.0 Å². The van der Waals surface area contributed by atoms with Crippen LogP contribution in [0, 0.1) is 5.82 Å². The van der Waals surface area contributed by atoms with Crippen molar-refractivity contribution in [2.24, 2.45) is 0 Å². The molecule has 2 aliphatic rings. The van der Waals surface area contributed by atoms with Crippen molar-refractivity contribution in [1.82, 2.24) is 4.90 Å². The van der Waals surface area contributed by atoms with E-state index in [0.717, 1.165) is 43.6 Å². The van der Waals surface area contributed by atoms with Crippen LogP contribution < -0.4 is 5.32 Å². The molecule has 4 nitrogen and oxygen atoms in total. The number of nitrogens with zero attached hydrogens (tertiary/aromatic N) is 1. The summed E-state index contributed by atoms with van der Waals surface area (Å²) >= 11 is 0. The van der Waals surface area contributed by atoms with Gasteiger partial charge in [-0.3, -0.25) is 4.79 Å². The van der Waals surface area contributed by atoms with Gasteiger partial charge in [-0.05, 0) is 56.2 Å². The summed E-state index contributed by atoms with van der Waals surface area (Å²) in [5.74, 6) is -0.0617. The van der Waals surface area contributed by atoms with Crippen molar-refractivity contribution in [3.63, 3.8) is 0 Å². The lowest BCUT2D eigenvalue weighted by Crippen LogP contribution is -2.24. The molecule has 1 N–H and O–H groups in total. The summed E-state index contributed by atoms with van der Waals surface area (Å²) in [5.41, 5.74) is 4.90. The fourth-order valence-corrected chi connectivity index (χ4v) is 3.99. The molecule has 0 saturated heterocycles. The summed E-state index contributed by atoms with van der Waals surface area (Å²) in [6, 6.07) is 10.6. The van der Waals surface area contributed by atoms with Gasteiger partial charge in [0.05, 0.1) is 5.57 Å². The van der Waals surface area contributed by atoms with E-state index in [2.05, 4.69) is 36.2 Å². The minimum absolute atomic E-state index is 0.244. The van der Waals surface area contributed by atoms with Crippen LogP contribution in [0.3, 0.4) is 0 Å². The monoisotopic (exact) mass is 380 g/mol. The Morgan fingerprint density at radius 1 is 1.11 bits per heavy atom. The zero-order valence-electron chi connectivity index (χ0n) is 16.3. The van der Waals surface area contributed by atoms with Gasteiger partial charge >= 0.3 is 0 Å². The molecule has 0 bridgehead atoms. The van der Waals surface area contributed by atoms with Gasteiger partial charge in [-0.15, -0.1) is 0 Å². The molecule has 2 aromatic carbocycles. The maximum absolute atomic E-state index is 13.7. The van der Waals surface area contributed by atoms with Crippen LogP contribution in [0.1, 0.15) is 42.5 Å². The minimum Gasteiger partial charge on any atom is -0.487 e. The van der Waals surface area contributed by atoms with E-state index in [1.165, 1.54) is 17.7 Å². The van der Waals surface area contributed by atoms with Crippen molar-refractivity contribution < 1.29 is 13.9 Å². The molecule has 28 heavy (non-hydrogen) atoms. The Hall–Kier alpha value is -2.66. The third-order valence-electron chi connectivity index (χ3n) is 5.57. The molecule has 2 heterocycles. The first-order chi connectivity index (χ1) is 13.6. The Morgan fingerprint density at radius 3 is 2.71 bits per heavy atom. The van der Waals surface area contributed by atoms with Gasteiger partial charge in [0.1, 0.15) is 18.2 Å². The van der Waals surface area contributed by atoms with Crippen LogP contribution in [0.2, 0.25) is 0 Å². The first-order valence-corrected chi connectivity index (χ1v) is 9.93. The molecule has 0 aliphatic carbocycles. The number of carbonyl (C=O) groups excluding carboxylic acids is 1. The molecule has 0 fully saturated rings. The van der Waals surface area contributed by atoms with Crippen LogP contribution in [0.15, 0.2) is 36.4 Å². The molecular weight excluding hydrogens is 355 g/mol. The quantitative estimate of drug-likeness (QED) is 0.753. The number of halogens is 1. The van der Waals surface area contributed by atoms with E-state index in [9.17, 15) is 9.18 Å². The largest absolute Gasteiger partial charge is 0.487 e. The molecular formula is C23H25FN2O2. The van der Waals surface area contributed by atoms with Crippen molar-refractivity contribution in [2.45, 2.75) is 33.3 Å². The SMILES string of the molecule is CCN(CC)CCCc1ccc2c(c1)COC2=C1C(=O)Nc2ccc(F)cc21. The Bertz CT molecular complexity index is 948. The number of nitrogens with one attached hydrogen (secondary N) is 1. The molecule has 4 rings (SSSR count). The number of fused-ring (bicyclic) bond motifs is 2. The van der Waals surface area contributed by atoms with Crippen molar-refractivity contribution in [3.8, 4) is 0 Å². The molecule has 0 saturated carbocycles. The van der Waals surface area contributed by atoms with E-state index in [4.69, 9.17) is 4.74 Å². The second-order valence-corrected chi connectivity index (χ2v) is 7.26. The third kappa shape index (κ3) is 3.42. The van der Waals surface area contributed by atoms with E-state index in [1.54, 1.807) is 6.07 Å². The Morgan fingerprint density at radius 2 is 1.93 bits per heavy atom. The molecule has 146 valence electrons. The number of hydrogen-bond donors (Lipinski definition) is 1. The van der Waals surface area contributed by atoms with Gasteiger partial charge in [0.15, 0.2) is 0 Å². The highest BCUT2D eigenvalue weighted by Gasteiger charge is 2.32. The fraction of sp³-hybridized carbons (Fsp3) is 0.348. The Kier molecular flexibility index (Phi) is 5.18. The zero-order chi connectivity index (χ0) is 19.7. The second kappa shape index (κ2) is 7.76. The van der Waals surface area contributed by atoms with Crippen LogP contribution >= 0.6 is 0 Å². The highest BCUT2D eigenvalue weighted by Crippen LogP contribution is 2.41. The summed E-state index contributed by atoms with van der Waals surface area (Å²) < 4.78 is 19.6. The van der Waals surface area contributed by atoms with Gasteiger partial charge in [0.25, 0.3) is 5.91 Å². The molecule has 0 aromatic heterocycles. The standard InChI is InChI=1S/C23H25FN2O2/c1-3-26(4-2)11-5-6-15-7-9-18-16(12-15)14-28-22(18)21-19-13-17(24)8-10-20(19)25-23(21)27/h7-10,12-13H,3-6,11,14H2,1-2H3,(H,25,27). The Labute approximate surface area is 165 Å². The average Bonchev–Trinajstić information content (AvgIpc) is 3.24. The second-order valence-electron chi connectivity index (χ2n) is 7.26. The highest BCUT2D eigenvalue weighted by atomic mass is 19.1. The lowest BCUT2D eigenvalue weighted by atomic mass is 9.98. The predicted molar refractivity (Wildman–Crippen MR) is 109 cm³/mol. The molecule has 0 atom stereocenters. The van der Waals surface area contributed by atoms with Crippen LogP contribution in [-0.2, 0) is 22.6 Å². The van der Waals surface area contributed by atoms with Crippen molar-refractivity contribution in [3.05, 3.63) is 64.5 Å². The van der Waals surface area contributed by atoms with Gasteiger partial charge in [-0.2, -0.15) is 0 Å². The lowest BCUT2D eigenvalue weighted by Gasteiger charge is -2.17. The topological polar surface area (TPSA) is 41.6 Å². The number of benzene rings is 2. The number of ether oxygens (including phenoxy) is 1. The van der Waals surface area contributed by atoms with Crippen LogP contribution in [0.25, 0.3) is 11.3 Å². The van der Waals surface area contributed by atoms with Gasteiger partial charge in [0.2, 0.25) is 0 Å². The van der Waals surface area contributed by atoms with Crippen molar-refractivity contribution >= 4 is 22.9 Å². The van der Waals surface area contributed by atoms with E-state index >= 15 is 0 Å². The highest BCUT2D eigenvalue weighted by molar-refractivity contribution is 6.36. The normalized spacial score (nSPS) is 17.5. The fourth-order valence-electron chi connectivity index (χ4n) is 3.99. The smallest absolute Gasteiger partial charge is 0.260 e. The molecule has 5 heteroatoms.